The summed E-state index contributed by atoms with van der Waals surface area (Å²) < 4.78 is 11.4. The smallest absolute Gasteiger partial charge is 0.202 e. The molecule has 2 aromatic rings. The van der Waals surface area contributed by atoms with Crippen molar-refractivity contribution >= 4 is 11.8 Å². The fourth-order valence-electron chi connectivity index (χ4n) is 2.40. The van der Waals surface area contributed by atoms with Gasteiger partial charge < -0.3 is 9.47 Å². The Labute approximate surface area is 137 Å². The fourth-order valence-corrected chi connectivity index (χ4v) is 2.40. The van der Waals surface area contributed by atoms with E-state index in [1.54, 1.807) is 24.3 Å². The van der Waals surface area contributed by atoms with E-state index in [4.69, 9.17) is 20.3 Å². The van der Waals surface area contributed by atoms with Crippen molar-refractivity contribution in [3.8, 4) is 11.5 Å². The molecular weight excluding hydrogens is 288 g/mol. The zero-order valence-corrected chi connectivity index (χ0v) is 13.5. The molecule has 2 N–H and O–H groups in total. The van der Waals surface area contributed by atoms with Gasteiger partial charge in [-0.3, -0.25) is 10.8 Å². The lowest BCUT2D eigenvalue weighted by atomic mass is 9.81. The van der Waals surface area contributed by atoms with Crippen LogP contribution >= 0.6 is 0 Å². The van der Waals surface area contributed by atoms with Crippen LogP contribution in [0.2, 0.25) is 0 Å². The molecular formula is C19H22N2O2. The molecule has 0 amide bonds. The molecule has 0 aliphatic heterocycles. The van der Waals surface area contributed by atoms with Gasteiger partial charge in [0.1, 0.15) is 16.9 Å². The van der Waals surface area contributed by atoms with Gasteiger partial charge in [-0.1, -0.05) is 50.2 Å². The monoisotopic (exact) mass is 310 g/mol. The van der Waals surface area contributed by atoms with Gasteiger partial charge in [-0.25, -0.2) is 0 Å². The molecule has 0 bridgehead atoms. The first-order valence-corrected chi connectivity index (χ1v) is 7.76. The second-order valence-corrected chi connectivity index (χ2v) is 5.28. The number of benzene rings is 2. The van der Waals surface area contributed by atoms with Crippen LogP contribution in [0.4, 0.5) is 0 Å². The number of nitrogens with one attached hydrogen (secondary N) is 2. The molecule has 2 rings (SSSR count). The molecule has 0 aliphatic rings. The summed E-state index contributed by atoms with van der Waals surface area (Å²) in [4.78, 5) is 0. The van der Waals surface area contributed by atoms with Gasteiger partial charge >= 0.3 is 0 Å². The maximum absolute atomic E-state index is 8.38. The first kappa shape index (κ1) is 16.7. The summed E-state index contributed by atoms with van der Waals surface area (Å²) in [6, 6.07) is 18.4. The Bertz CT molecular complexity index is 594. The lowest BCUT2D eigenvalue weighted by Gasteiger charge is -2.31. The quantitative estimate of drug-likeness (QED) is 0.588. The molecule has 2 aromatic carbocycles. The third kappa shape index (κ3) is 3.77. The number of ether oxygens (including phenoxy) is 2. The number of hydrogen-bond acceptors (Lipinski definition) is 4. The zero-order valence-electron chi connectivity index (χ0n) is 13.5. The summed E-state index contributed by atoms with van der Waals surface area (Å²) in [5.74, 6) is 1.26. The van der Waals surface area contributed by atoms with E-state index in [2.05, 4.69) is 0 Å². The van der Waals surface area contributed by atoms with Crippen LogP contribution in [-0.4, -0.2) is 11.8 Å². The summed E-state index contributed by atoms with van der Waals surface area (Å²) in [6.07, 6.45) is 1.11. The minimum absolute atomic E-state index is 0.0367. The van der Waals surface area contributed by atoms with Crippen molar-refractivity contribution in [3.63, 3.8) is 0 Å². The molecule has 0 fully saturated rings. The molecule has 0 radical (unpaired) electrons. The highest BCUT2D eigenvalue weighted by Crippen LogP contribution is 2.32. The second kappa shape index (κ2) is 7.58. The SMILES string of the molecule is CCC(CC)(C(=N)Oc1ccccc1)C(=N)Oc1ccccc1. The largest absolute Gasteiger partial charge is 0.442 e. The molecule has 23 heavy (non-hydrogen) atoms. The van der Waals surface area contributed by atoms with E-state index in [0.717, 1.165) is 0 Å². The molecule has 0 aromatic heterocycles. The maximum Gasteiger partial charge on any atom is 0.202 e. The first-order valence-electron chi connectivity index (χ1n) is 7.76. The van der Waals surface area contributed by atoms with Crippen molar-refractivity contribution in [2.75, 3.05) is 0 Å². The Hall–Kier alpha value is -2.62. The predicted molar refractivity (Wildman–Crippen MR) is 92.6 cm³/mol. The molecule has 0 saturated carbocycles. The summed E-state index contributed by atoms with van der Waals surface area (Å²) in [6.45, 7) is 3.88. The molecule has 0 heterocycles. The van der Waals surface area contributed by atoms with Gasteiger partial charge in [0, 0.05) is 0 Å². The minimum atomic E-state index is -0.869. The average molecular weight is 310 g/mol. The van der Waals surface area contributed by atoms with E-state index in [1.165, 1.54) is 0 Å². The van der Waals surface area contributed by atoms with Gasteiger partial charge in [0.2, 0.25) is 11.8 Å². The second-order valence-electron chi connectivity index (χ2n) is 5.28. The van der Waals surface area contributed by atoms with Gasteiger partial charge in [-0.15, -0.1) is 0 Å². The Morgan fingerprint density at radius 2 is 1.09 bits per heavy atom. The van der Waals surface area contributed by atoms with Gasteiger partial charge in [0.05, 0.1) is 0 Å². The van der Waals surface area contributed by atoms with Crippen LogP contribution in [0.5, 0.6) is 11.5 Å². The minimum Gasteiger partial charge on any atom is -0.442 e. The lowest BCUT2D eigenvalue weighted by molar-refractivity contribution is 0.359. The Kier molecular flexibility index (Phi) is 5.52. The van der Waals surface area contributed by atoms with Crippen LogP contribution < -0.4 is 9.47 Å². The van der Waals surface area contributed by atoms with Crippen LogP contribution in [0.1, 0.15) is 26.7 Å². The number of hydrogen-bond donors (Lipinski definition) is 2. The molecule has 4 nitrogen and oxygen atoms in total. The van der Waals surface area contributed by atoms with Crippen LogP contribution in [0.25, 0.3) is 0 Å². The van der Waals surface area contributed by atoms with E-state index < -0.39 is 5.41 Å². The van der Waals surface area contributed by atoms with E-state index in [9.17, 15) is 0 Å². The highest BCUT2D eigenvalue weighted by molar-refractivity contribution is 6.04. The molecule has 4 heteroatoms. The van der Waals surface area contributed by atoms with E-state index in [0.29, 0.717) is 24.3 Å². The molecule has 0 spiro atoms. The zero-order chi connectivity index (χ0) is 16.7. The summed E-state index contributed by atoms with van der Waals surface area (Å²) in [5.41, 5.74) is -0.869. The fraction of sp³-hybridized carbons (Fsp3) is 0.263. The van der Waals surface area contributed by atoms with Crippen LogP contribution in [0, 0.1) is 16.2 Å². The highest BCUT2D eigenvalue weighted by Gasteiger charge is 2.40. The van der Waals surface area contributed by atoms with Crippen molar-refractivity contribution < 1.29 is 9.47 Å². The number of para-hydroxylation sites is 2. The summed E-state index contributed by atoms with van der Waals surface area (Å²) in [5, 5.41) is 16.8. The first-order chi connectivity index (χ1) is 11.1. The molecule has 120 valence electrons. The van der Waals surface area contributed by atoms with Crippen molar-refractivity contribution in [3.05, 3.63) is 60.7 Å². The van der Waals surface area contributed by atoms with Crippen LogP contribution in [0.3, 0.4) is 0 Å². The third-order valence-electron chi connectivity index (χ3n) is 4.00. The maximum atomic E-state index is 8.38. The predicted octanol–water partition coefficient (Wildman–Crippen LogP) is 4.91. The van der Waals surface area contributed by atoms with E-state index in [-0.39, 0.29) is 11.8 Å². The van der Waals surface area contributed by atoms with Crippen molar-refractivity contribution in [2.45, 2.75) is 26.7 Å². The average Bonchev–Trinajstić information content (AvgIpc) is 2.58. The number of rotatable bonds is 6. The topological polar surface area (TPSA) is 66.2 Å². The van der Waals surface area contributed by atoms with Crippen LogP contribution in [0.15, 0.2) is 60.7 Å². The Morgan fingerprint density at radius 3 is 1.39 bits per heavy atom. The van der Waals surface area contributed by atoms with Gasteiger partial charge in [0.25, 0.3) is 0 Å². The summed E-state index contributed by atoms with van der Waals surface area (Å²) in [7, 11) is 0. The van der Waals surface area contributed by atoms with Crippen molar-refractivity contribution in [2.24, 2.45) is 5.41 Å². The van der Waals surface area contributed by atoms with Crippen molar-refractivity contribution in [1.29, 1.82) is 10.8 Å². The van der Waals surface area contributed by atoms with Crippen molar-refractivity contribution in [1.82, 2.24) is 0 Å². The van der Waals surface area contributed by atoms with E-state index >= 15 is 0 Å². The van der Waals surface area contributed by atoms with E-state index in [1.807, 2.05) is 50.2 Å². The third-order valence-corrected chi connectivity index (χ3v) is 4.00. The lowest BCUT2D eigenvalue weighted by Crippen LogP contribution is -2.43. The normalized spacial score (nSPS) is 10.9. The van der Waals surface area contributed by atoms with Gasteiger partial charge in [0.15, 0.2) is 0 Å². The summed E-state index contributed by atoms with van der Waals surface area (Å²) >= 11 is 0. The molecule has 0 atom stereocenters. The highest BCUT2D eigenvalue weighted by atomic mass is 16.5. The van der Waals surface area contributed by atoms with Gasteiger partial charge in [-0.2, -0.15) is 0 Å². The van der Waals surface area contributed by atoms with Crippen LogP contribution in [-0.2, 0) is 0 Å². The standard InChI is InChI=1S/C19H22N2O2/c1-3-19(4-2,17(20)22-15-11-7-5-8-12-15)18(21)23-16-13-9-6-10-14-16/h5-14,20-21H,3-4H2,1-2H3. The Morgan fingerprint density at radius 1 is 0.739 bits per heavy atom. The molecule has 0 unspecified atom stereocenters. The van der Waals surface area contributed by atoms with Gasteiger partial charge in [-0.05, 0) is 37.1 Å². The Balaban J connectivity index is 2.20. The molecule has 0 aliphatic carbocycles. The molecule has 0 saturated heterocycles.